The minimum atomic E-state index is -0.840. The fourth-order valence-electron chi connectivity index (χ4n) is 2.16. The molecule has 2 aromatic rings. The van der Waals surface area contributed by atoms with Crippen LogP contribution in [0.3, 0.4) is 0 Å². The Balaban J connectivity index is 1.99. The van der Waals surface area contributed by atoms with E-state index in [0.29, 0.717) is 17.9 Å². The van der Waals surface area contributed by atoms with Gasteiger partial charge in [-0.05, 0) is 41.5 Å². The highest BCUT2D eigenvalue weighted by Gasteiger charge is 2.47. The van der Waals surface area contributed by atoms with Crippen molar-refractivity contribution in [1.29, 1.82) is 0 Å². The van der Waals surface area contributed by atoms with Crippen molar-refractivity contribution in [2.75, 3.05) is 0 Å². The molecule has 7 nitrogen and oxygen atoms in total. The van der Waals surface area contributed by atoms with E-state index in [0.717, 1.165) is 5.56 Å². The van der Waals surface area contributed by atoms with Gasteiger partial charge in [-0.3, -0.25) is 4.79 Å². The summed E-state index contributed by atoms with van der Waals surface area (Å²) in [4.78, 5) is 10.9. The number of aryl methyl sites for hydroxylation is 1. The van der Waals surface area contributed by atoms with Crippen LogP contribution in [0.4, 0.5) is 0 Å². The van der Waals surface area contributed by atoms with E-state index < -0.39 is 11.9 Å². The molecule has 1 fully saturated rings. The Bertz CT molecular complexity index is 652. The number of aliphatic carboxylic acids is 1. The van der Waals surface area contributed by atoms with Crippen LogP contribution in [0.15, 0.2) is 18.2 Å². The smallest absolute Gasteiger partial charge is 0.307 e. The van der Waals surface area contributed by atoms with Gasteiger partial charge in [-0.1, -0.05) is 6.07 Å². The second-order valence-electron chi connectivity index (χ2n) is 4.73. The number of benzene rings is 1. The molecule has 1 saturated carbocycles. The highest BCUT2D eigenvalue weighted by atomic mass is 16.4. The van der Waals surface area contributed by atoms with E-state index in [2.05, 4.69) is 15.5 Å². The predicted molar refractivity (Wildman–Crippen MR) is 64.0 cm³/mol. The van der Waals surface area contributed by atoms with Crippen LogP contribution >= 0.6 is 0 Å². The molecule has 19 heavy (non-hydrogen) atoms. The Kier molecular flexibility index (Phi) is 2.48. The average Bonchev–Trinajstić information content (AvgIpc) is 3.01. The Morgan fingerprint density at radius 2 is 2.26 bits per heavy atom. The van der Waals surface area contributed by atoms with Crippen LogP contribution in [0.2, 0.25) is 0 Å². The van der Waals surface area contributed by atoms with E-state index in [-0.39, 0.29) is 11.7 Å². The molecule has 0 spiro atoms. The molecule has 1 aromatic heterocycles. The summed E-state index contributed by atoms with van der Waals surface area (Å²) < 4.78 is 1.41. The molecule has 98 valence electrons. The number of phenols is 1. The van der Waals surface area contributed by atoms with Gasteiger partial charge in [0, 0.05) is 5.92 Å². The fraction of sp³-hybridized carbons (Fsp3) is 0.333. The molecular formula is C12H12N4O3. The van der Waals surface area contributed by atoms with Crippen LogP contribution in [-0.2, 0) is 4.79 Å². The quantitative estimate of drug-likeness (QED) is 0.848. The minimum Gasteiger partial charge on any atom is -0.506 e. The molecule has 1 aliphatic rings. The van der Waals surface area contributed by atoms with Crippen molar-refractivity contribution in [3.05, 3.63) is 29.6 Å². The van der Waals surface area contributed by atoms with Crippen molar-refractivity contribution in [3.8, 4) is 11.4 Å². The Hall–Kier alpha value is -2.44. The third kappa shape index (κ3) is 1.92. The molecule has 7 heteroatoms. The lowest BCUT2D eigenvalue weighted by Crippen LogP contribution is -2.06. The van der Waals surface area contributed by atoms with Crippen molar-refractivity contribution < 1.29 is 15.0 Å². The number of aromatic hydroxyl groups is 1. The number of hydrogen-bond donors (Lipinski definition) is 2. The molecule has 0 aliphatic heterocycles. The lowest BCUT2D eigenvalue weighted by Gasteiger charge is -2.06. The Morgan fingerprint density at radius 3 is 2.89 bits per heavy atom. The largest absolute Gasteiger partial charge is 0.506 e. The summed E-state index contributed by atoms with van der Waals surface area (Å²) in [7, 11) is 0. The standard InChI is InChI=1S/C12H12N4O3/c1-6-2-3-9(10(17)4-6)16-11(13-14-15-16)7-5-8(7)12(18)19/h2-4,7-8,17H,5H2,1H3,(H,18,19). The van der Waals surface area contributed by atoms with Crippen LogP contribution in [0.25, 0.3) is 5.69 Å². The lowest BCUT2D eigenvalue weighted by atomic mass is 10.2. The van der Waals surface area contributed by atoms with Crippen molar-refractivity contribution in [2.45, 2.75) is 19.3 Å². The molecule has 1 aromatic carbocycles. The number of aromatic nitrogens is 4. The zero-order valence-corrected chi connectivity index (χ0v) is 10.2. The molecule has 1 aliphatic carbocycles. The molecule has 3 rings (SSSR count). The molecule has 2 unspecified atom stereocenters. The summed E-state index contributed by atoms with van der Waals surface area (Å²) in [6, 6.07) is 5.16. The first-order chi connectivity index (χ1) is 9.08. The van der Waals surface area contributed by atoms with Crippen molar-refractivity contribution >= 4 is 5.97 Å². The predicted octanol–water partition coefficient (Wildman–Crippen LogP) is 0.864. The fourth-order valence-corrected chi connectivity index (χ4v) is 2.16. The van der Waals surface area contributed by atoms with E-state index in [9.17, 15) is 9.90 Å². The summed E-state index contributed by atoms with van der Waals surface area (Å²) in [5.41, 5.74) is 1.38. The van der Waals surface area contributed by atoms with Crippen LogP contribution in [0, 0.1) is 12.8 Å². The second-order valence-corrected chi connectivity index (χ2v) is 4.73. The third-order valence-electron chi connectivity index (χ3n) is 3.29. The molecule has 0 radical (unpaired) electrons. The van der Waals surface area contributed by atoms with E-state index in [1.807, 2.05) is 13.0 Å². The number of tetrazole rings is 1. The summed E-state index contributed by atoms with van der Waals surface area (Å²) >= 11 is 0. The monoisotopic (exact) mass is 260 g/mol. The van der Waals surface area contributed by atoms with Gasteiger partial charge in [-0.15, -0.1) is 5.10 Å². The zero-order valence-electron chi connectivity index (χ0n) is 10.2. The number of hydrogen-bond acceptors (Lipinski definition) is 5. The van der Waals surface area contributed by atoms with E-state index in [1.165, 1.54) is 4.68 Å². The van der Waals surface area contributed by atoms with E-state index >= 15 is 0 Å². The van der Waals surface area contributed by atoms with E-state index in [1.54, 1.807) is 12.1 Å². The summed E-state index contributed by atoms with van der Waals surface area (Å²) in [6.45, 7) is 1.87. The molecule has 0 saturated heterocycles. The SMILES string of the molecule is Cc1ccc(-n2nnnc2C2CC2C(=O)O)c(O)c1. The van der Waals surface area contributed by atoms with E-state index in [4.69, 9.17) is 5.11 Å². The number of nitrogens with zero attached hydrogens (tertiary/aromatic N) is 4. The first-order valence-electron chi connectivity index (χ1n) is 5.89. The molecule has 0 bridgehead atoms. The van der Waals surface area contributed by atoms with Crippen LogP contribution in [-0.4, -0.2) is 36.4 Å². The maximum absolute atomic E-state index is 10.9. The third-order valence-corrected chi connectivity index (χ3v) is 3.29. The summed E-state index contributed by atoms with van der Waals surface area (Å²) in [6.07, 6.45) is 0.530. The first-order valence-corrected chi connectivity index (χ1v) is 5.89. The Morgan fingerprint density at radius 1 is 1.47 bits per heavy atom. The number of carboxylic acid groups (broad SMARTS) is 1. The van der Waals surface area contributed by atoms with Gasteiger partial charge in [-0.25, -0.2) is 0 Å². The van der Waals surface area contributed by atoms with Crippen molar-refractivity contribution in [3.63, 3.8) is 0 Å². The molecular weight excluding hydrogens is 248 g/mol. The molecule has 2 atom stereocenters. The summed E-state index contributed by atoms with van der Waals surface area (Å²) in [5, 5.41) is 30.2. The van der Waals surface area contributed by atoms with Gasteiger partial charge in [0.15, 0.2) is 5.82 Å². The maximum Gasteiger partial charge on any atom is 0.307 e. The zero-order chi connectivity index (χ0) is 13.6. The molecule has 1 heterocycles. The van der Waals surface area contributed by atoms with Crippen LogP contribution < -0.4 is 0 Å². The Labute approximate surface area is 108 Å². The van der Waals surface area contributed by atoms with Crippen molar-refractivity contribution in [1.82, 2.24) is 20.2 Å². The minimum absolute atomic E-state index is 0.0704. The van der Waals surface area contributed by atoms with Gasteiger partial charge in [-0.2, -0.15) is 4.68 Å². The highest BCUT2D eigenvalue weighted by Crippen LogP contribution is 2.47. The topological polar surface area (TPSA) is 101 Å². The van der Waals surface area contributed by atoms with Gasteiger partial charge in [0.1, 0.15) is 11.4 Å². The number of carbonyl (C=O) groups is 1. The molecule has 2 N–H and O–H groups in total. The number of rotatable bonds is 3. The first kappa shape index (κ1) is 11.6. The van der Waals surface area contributed by atoms with Gasteiger partial charge in [0.2, 0.25) is 0 Å². The number of phenolic OH excluding ortho intramolecular Hbond substituents is 1. The lowest BCUT2D eigenvalue weighted by molar-refractivity contribution is -0.138. The second kappa shape index (κ2) is 4.04. The highest BCUT2D eigenvalue weighted by molar-refractivity contribution is 5.74. The van der Waals surface area contributed by atoms with Crippen molar-refractivity contribution in [2.24, 2.45) is 5.92 Å². The average molecular weight is 260 g/mol. The van der Waals surface area contributed by atoms with Crippen LogP contribution in [0.5, 0.6) is 5.75 Å². The maximum atomic E-state index is 10.9. The molecule has 0 amide bonds. The normalized spacial score (nSPS) is 21.3. The number of carboxylic acids is 1. The van der Waals surface area contributed by atoms with Gasteiger partial charge in [0.05, 0.1) is 5.92 Å². The van der Waals surface area contributed by atoms with Crippen LogP contribution in [0.1, 0.15) is 23.7 Å². The van der Waals surface area contributed by atoms with Gasteiger partial charge >= 0.3 is 5.97 Å². The van der Waals surface area contributed by atoms with Gasteiger partial charge < -0.3 is 10.2 Å². The summed E-state index contributed by atoms with van der Waals surface area (Å²) in [5.74, 6) is -0.911. The van der Waals surface area contributed by atoms with Gasteiger partial charge in [0.25, 0.3) is 0 Å².